The Morgan fingerprint density at radius 1 is 1.09 bits per heavy atom. The topological polar surface area (TPSA) is 49.5 Å². The smallest absolute Gasteiger partial charge is 0.0553 e. The molecule has 0 aliphatic heterocycles. The van der Waals surface area contributed by atoms with Crippen LogP contribution in [0.1, 0.15) is 20.8 Å². The number of nitrogens with zero attached hydrogens (tertiary/aromatic N) is 1. The first-order valence-corrected chi connectivity index (χ1v) is 4.29. The van der Waals surface area contributed by atoms with E-state index in [-0.39, 0.29) is 6.61 Å². The van der Waals surface area contributed by atoms with Gasteiger partial charge >= 0.3 is 0 Å². The summed E-state index contributed by atoms with van der Waals surface area (Å²) < 4.78 is 0. The molecule has 3 heteroatoms. The van der Waals surface area contributed by atoms with E-state index in [9.17, 15) is 0 Å². The van der Waals surface area contributed by atoms with E-state index in [0.29, 0.717) is 6.54 Å². The van der Waals surface area contributed by atoms with Crippen molar-refractivity contribution in [1.82, 2.24) is 4.90 Å². The fourth-order valence-electron chi connectivity index (χ4n) is 0.671. The molecule has 0 aromatic carbocycles. The monoisotopic (exact) mass is 162 g/mol. The quantitative estimate of drug-likeness (QED) is 0.624. The molecule has 70 valence electrons. The van der Waals surface area contributed by atoms with Crippen molar-refractivity contribution < 1.29 is 5.11 Å². The summed E-state index contributed by atoms with van der Waals surface area (Å²) in [6, 6.07) is 0. The third kappa shape index (κ3) is 13.0. The second-order valence-electron chi connectivity index (χ2n) is 2.13. The first-order valence-electron chi connectivity index (χ1n) is 4.29. The van der Waals surface area contributed by atoms with E-state index in [1.165, 1.54) is 19.6 Å². The zero-order chi connectivity index (χ0) is 9.11. The average Bonchev–Trinajstić information content (AvgIpc) is 2.08. The van der Waals surface area contributed by atoms with Gasteiger partial charge in [-0.3, -0.25) is 0 Å². The molecule has 0 fully saturated rings. The van der Waals surface area contributed by atoms with Crippen molar-refractivity contribution in [2.75, 3.05) is 32.8 Å². The Balaban J connectivity index is 0. The predicted molar refractivity (Wildman–Crippen MR) is 49.6 cm³/mol. The van der Waals surface area contributed by atoms with Crippen LogP contribution >= 0.6 is 0 Å². The Morgan fingerprint density at radius 3 is 1.36 bits per heavy atom. The third-order valence-corrected chi connectivity index (χ3v) is 1.47. The van der Waals surface area contributed by atoms with Crippen molar-refractivity contribution in [3.63, 3.8) is 0 Å². The molecule has 0 spiro atoms. The van der Waals surface area contributed by atoms with Gasteiger partial charge in [0.05, 0.1) is 6.61 Å². The molecule has 0 amide bonds. The van der Waals surface area contributed by atoms with Gasteiger partial charge in [-0.15, -0.1) is 0 Å². The van der Waals surface area contributed by atoms with Crippen LogP contribution in [0.15, 0.2) is 0 Å². The average molecular weight is 162 g/mol. The summed E-state index contributed by atoms with van der Waals surface area (Å²) in [7, 11) is 0. The van der Waals surface area contributed by atoms with Crippen molar-refractivity contribution in [2.24, 2.45) is 5.73 Å². The summed E-state index contributed by atoms with van der Waals surface area (Å²) >= 11 is 0. The van der Waals surface area contributed by atoms with Crippen molar-refractivity contribution >= 4 is 0 Å². The van der Waals surface area contributed by atoms with Gasteiger partial charge in [0.2, 0.25) is 0 Å². The van der Waals surface area contributed by atoms with E-state index in [1.54, 1.807) is 0 Å². The summed E-state index contributed by atoms with van der Waals surface area (Å²) in [6.07, 6.45) is 0. The van der Waals surface area contributed by atoms with Crippen LogP contribution in [0.4, 0.5) is 0 Å². The van der Waals surface area contributed by atoms with E-state index in [0.717, 1.165) is 0 Å². The van der Waals surface area contributed by atoms with Crippen LogP contribution in [0.5, 0.6) is 0 Å². The third-order valence-electron chi connectivity index (χ3n) is 1.47. The van der Waals surface area contributed by atoms with Crippen molar-refractivity contribution in [1.29, 1.82) is 0 Å². The maximum atomic E-state index is 7.75. The predicted octanol–water partition coefficient (Wildman–Crippen LogP) is 0.286. The first-order chi connectivity index (χ1) is 5.26. The molecule has 0 atom stereocenters. The largest absolute Gasteiger partial charge is 0.395 e. The molecule has 0 radical (unpaired) electrons. The number of hydrogen-bond acceptors (Lipinski definition) is 3. The maximum Gasteiger partial charge on any atom is 0.0553 e. The number of aliphatic hydroxyl groups is 1. The number of rotatable bonds is 4. The van der Waals surface area contributed by atoms with Crippen LogP contribution < -0.4 is 5.73 Å². The Morgan fingerprint density at radius 2 is 1.36 bits per heavy atom. The summed E-state index contributed by atoms with van der Waals surface area (Å²) in [4.78, 5) is 2.38. The number of hydrogen-bond donors (Lipinski definition) is 2. The second kappa shape index (κ2) is 12.5. The van der Waals surface area contributed by atoms with Crippen LogP contribution in [0.3, 0.4) is 0 Å². The molecule has 3 N–H and O–H groups in total. The molecule has 11 heavy (non-hydrogen) atoms. The summed E-state index contributed by atoms with van der Waals surface area (Å²) in [5.74, 6) is 0. The highest BCUT2D eigenvalue weighted by atomic mass is 16.3. The Labute approximate surface area is 70.2 Å². The van der Waals surface area contributed by atoms with Gasteiger partial charge in [-0.1, -0.05) is 20.8 Å². The molecule has 0 bridgehead atoms. The van der Waals surface area contributed by atoms with Gasteiger partial charge < -0.3 is 15.7 Å². The number of nitrogens with two attached hydrogens (primary N) is 1. The lowest BCUT2D eigenvalue weighted by atomic mass is 10.5. The highest BCUT2D eigenvalue weighted by Gasteiger charge is 1.89. The standard InChI is InChI=1S/C6H15N.C2H7NO/c1-4-7(5-2)6-3;3-1-2-4/h4-6H2,1-3H3;4H,1-3H2. The molecule has 0 aliphatic rings. The van der Waals surface area contributed by atoms with Crippen LogP contribution in [0.2, 0.25) is 0 Å². The van der Waals surface area contributed by atoms with E-state index in [1.807, 2.05) is 0 Å². The Kier molecular flexibility index (Phi) is 15.4. The molecule has 0 heterocycles. The fraction of sp³-hybridized carbons (Fsp3) is 1.00. The molecule has 0 rings (SSSR count). The van der Waals surface area contributed by atoms with E-state index in [2.05, 4.69) is 25.7 Å². The lowest BCUT2D eigenvalue weighted by molar-refractivity contribution is 0.306. The van der Waals surface area contributed by atoms with E-state index in [4.69, 9.17) is 10.8 Å². The van der Waals surface area contributed by atoms with E-state index < -0.39 is 0 Å². The normalized spacial score (nSPS) is 9.27. The first kappa shape index (κ1) is 13.5. The van der Waals surface area contributed by atoms with E-state index >= 15 is 0 Å². The maximum absolute atomic E-state index is 7.75. The summed E-state index contributed by atoms with van der Waals surface area (Å²) in [6.45, 7) is 10.6. The lowest BCUT2D eigenvalue weighted by Crippen LogP contribution is -2.21. The van der Waals surface area contributed by atoms with Crippen LogP contribution in [-0.2, 0) is 0 Å². The molecule has 0 aromatic heterocycles. The number of aliphatic hydroxyl groups excluding tert-OH is 1. The van der Waals surface area contributed by atoms with Crippen molar-refractivity contribution in [3.05, 3.63) is 0 Å². The Bertz CT molecular complexity index is 48.5. The van der Waals surface area contributed by atoms with Gasteiger partial charge in [-0.25, -0.2) is 0 Å². The zero-order valence-electron chi connectivity index (χ0n) is 8.01. The second-order valence-corrected chi connectivity index (χ2v) is 2.13. The molecule has 0 saturated heterocycles. The molecular formula is C8H22N2O. The van der Waals surface area contributed by atoms with Gasteiger partial charge in [0.25, 0.3) is 0 Å². The zero-order valence-corrected chi connectivity index (χ0v) is 8.01. The molecule has 0 aromatic rings. The minimum Gasteiger partial charge on any atom is -0.395 e. The summed E-state index contributed by atoms with van der Waals surface area (Å²) in [5, 5.41) is 7.75. The lowest BCUT2D eigenvalue weighted by Gasteiger charge is -2.13. The SMILES string of the molecule is CCN(CC)CC.NCCO. The van der Waals surface area contributed by atoms with Crippen molar-refractivity contribution in [2.45, 2.75) is 20.8 Å². The van der Waals surface area contributed by atoms with Gasteiger partial charge in [-0.2, -0.15) is 0 Å². The van der Waals surface area contributed by atoms with Crippen LogP contribution in [0, 0.1) is 0 Å². The minimum absolute atomic E-state index is 0.0972. The Hall–Kier alpha value is -0.120. The molecule has 3 nitrogen and oxygen atoms in total. The van der Waals surface area contributed by atoms with Crippen LogP contribution in [-0.4, -0.2) is 42.8 Å². The molecule has 0 aliphatic carbocycles. The molecule has 0 saturated carbocycles. The van der Waals surface area contributed by atoms with Gasteiger partial charge in [0, 0.05) is 6.54 Å². The molecular weight excluding hydrogens is 140 g/mol. The van der Waals surface area contributed by atoms with Gasteiger partial charge in [0.1, 0.15) is 0 Å². The highest BCUT2D eigenvalue weighted by molar-refractivity contribution is 4.43. The molecule has 0 unspecified atom stereocenters. The van der Waals surface area contributed by atoms with Crippen LogP contribution in [0.25, 0.3) is 0 Å². The van der Waals surface area contributed by atoms with Crippen molar-refractivity contribution in [3.8, 4) is 0 Å². The fourth-order valence-corrected chi connectivity index (χ4v) is 0.671. The van der Waals surface area contributed by atoms with Gasteiger partial charge in [-0.05, 0) is 19.6 Å². The summed E-state index contributed by atoms with van der Waals surface area (Å²) in [5.41, 5.74) is 4.78. The highest BCUT2D eigenvalue weighted by Crippen LogP contribution is 1.81. The minimum atomic E-state index is 0.0972. The van der Waals surface area contributed by atoms with Gasteiger partial charge in [0.15, 0.2) is 0 Å².